The predicted molar refractivity (Wildman–Crippen MR) is 115 cm³/mol. The number of hydrogen-bond donors (Lipinski definition) is 1. The molecule has 1 aliphatic heterocycles. The zero-order valence-electron chi connectivity index (χ0n) is 16.1. The van der Waals surface area contributed by atoms with E-state index in [9.17, 15) is 14.9 Å². The van der Waals surface area contributed by atoms with Gasteiger partial charge in [-0.05, 0) is 17.7 Å². The van der Waals surface area contributed by atoms with Crippen LogP contribution in [0, 0.1) is 17.2 Å². The van der Waals surface area contributed by atoms with E-state index in [-0.39, 0.29) is 0 Å². The fourth-order valence-corrected chi connectivity index (χ4v) is 4.26. The zero-order chi connectivity index (χ0) is 21.5. The van der Waals surface area contributed by atoms with E-state index in [0.717, 1.165) is 0 Å². The van der Waals surface area contributed by atoms with E-state index in [1.807, 2.05) is 18.2 Å². The van der Waals surface area contributed by atoms with Crippen LogP contribution in [0.15, 0.2) is 65.2 Å². The molecule has 154 valence electrons. The molecule has 0 saturated carbocycles. The molecule has 1 amide bonds. The average molecular weight is 443 g/mol. The van der Waals surface area contributed by atoms with Crippen molar-refractivity contribution in [3.63, 3.8) is 0 Å². The summed E-state index contributed by atoms with van der Waals surface area (Å²) in [4.78, 5) is 25.1. The van der Waals surface area contributed by atoms with Gasteiger partial charge in [-0.15, -0.1) is 11.8 Å². The molecule has 3 rings (SSSR count). The molecule has 0 spiro atoms. The Kier molecular flexibility index (Phi) is 7.39. The smallest absolute Gasteiger partial charge is 0.319 e. The largest absolute Gasteiger partial charge is 0.491 e. The lowest BCUT2D eigenvalue weighted by Gasteiger charge is -2.30. The van der Waals surface area contributed by atoms with E-state index < -0.39 is 23.7 Å². The van der Waals surface area contributed by atoms with Gasteiger partial charge in [0, 0.05) is 11.7 Å². The lowest BCUT2D eigenvalue weighted by molar-refractivity contribution is -0.150. The number of amides is 1. The number of thioether (sulfide) groups is 1. The van der Waals surface area contributed by atoms with E-state index in [1.165, 1.54) is 18.9 Å². The molecular weight excluding hydrogens is 424 g/mol. The second-order valence-electron chi connectivity index (χ2n) is 6.36. The Hall–Kier alpha value is -2.95. The summed E-state index contributed by atoms with van der Waals surface area (Å²) in [6, 6.07) is 18.3. The Bertz CT molecular complexity index is 1000. The number of allylic oxidation sites excluding steroid dienone is 1. The number of nitriles is 1. The molecule has 0 aromatic heterocycles. The van der Waals surface area contributed by atoms with Crippen molar-refractivity contribution in [2.75, 3.05) is 19.5 Å². The van der Waals surface area contributed by atoms with Crippen LogP contribution >= 0.6 is 23.4 Å². The van der Waals surface area contributed by atoms with Crippen molar-refractivity contribution in [2.45, 2.75) is 5.92 Å². The third-order valence-corrected chi connectivity index (χ3v) is 5.86. The summed E-state index contributed by atoms with van der Waals surface area (Å²) in [7, 11) is 1.23. The van der Waals surface area contributed by atoms with Gasteiger partial charge >= 0.3 is 5.97 Å². The number of hydrogen-bond acceptors (Lipinski definition) is 6. The SMILES string of the molecule is COC(=O)[C@H]1C(=O)NC(SCCOc2ccccc2Cl)=C(C#N)[C@H]1c1ccccc1. The van der Waals surface area contributed by atoms with Gasteiger partial charge in [-0.3, -0.25) is 9.59 Å². The number of carbonyl (C=O) groups excluding carboxylic acids is 2. The number of methoxy groups -OCH3 is 1. The third kappa shape index (κ3) is 4.78. The first-order valence-electron chi connectivity index (χ1n) is 9.14. The lowest BCUT2D eigenvalue weighted by atomic mass is 9.78. The molecule has 2 aromatic carbocycles. The number of rotatable bonds is 7. The zero-order valence-corrected chi connectivity index (χ0v) is 17.7. The maximum atomic E-state index is 12.7. The Morgan fingerprint density at radius 3 is 2.57 bits per heavy atom. The minimum absolute atomic E-state index is 0.318. The normalized spacial score (nSPS) is 18.4. The van der Waals surface area contributed by atoms with Crippen molar-refractivity contribution in [1.82, 2.24) is 5.32 Å². The quantitative estimate of drug-likeness (QED) is 0.397. The summed E-state index contributed by atoms with van der Waals surface area (Å²) in [5, 5.41) is 13.5. The number of ether oxygens (including phenoxy) is 2. The van der Waals surface area contributed by atoms with Crippen molar-refractivity contribution in [2.24, 2.45) is 5.92 Å². The Morgan fingerprint density at radius 1 is 1.20 bits per heavy atom. The molecular formula is C22H19ClN2O4S. The molecule has 0 fully saturated rings. The monoisotopic (exact) mass is 442 g/mol. The highest BCUT2D eigenvalue weighted by Gasteiger charge is 2.44. The van der Waals surface area contributed by atoms with Gasteiger partial charge in [0.1, 0.15) is 11.7 Å². The van der Waals surface area contributed by atoms with E-state index in [1.54, 1.807) is 36.4 Å². The minimum atomic E-state index is -1.13. The summed E-state index contributed by atoms with van der Waals surface area (Å²) in [5.74, 6) is -1.99. The molecule has 6 nitrogen and oxygen atoms in total. The number of carbonyl (C=O) groups is 2. The van der Waals surface area contributed by atoms with Crippen molar-refractivity contribution in [3.8, 4) is 11.8 Å². The van der Waals surface area contributed by atoms with Crippen LogP contribution in [-0.4, -0.2) is 31.3 Å². The first-order chi connectivity index (χ1) is 14.6. The van der Waals surface area contributed by atoms with Crippen molar-refractivity contribution in [1.29, 1.82) is 5.26 Å². The number of para-hydroxylation sites is 1. The topological polar surface area (TPSA) is 88.4 Å². The molecule has 2 aromatic rings. The van der Waals surface area contributed by atoms with Gasteiger partial charge in [0.2, 0.25) is 5.91 Å². The second kappa shape index (κ2) is 10.2. The summed E-state index contributed by atoms with van der Waals surface area (Å²) in [6.45, 7) is 0.322. The van der Waals surface area contributed by atoms with Crippen LogP contribution in [0.4, 0.5) is 0 Å². The first-order valence-corrected chi connectivity index (χ1v) is 10.5. The highest BCUT2D eigenvalue weighted by molar-refractivity contribution is 8.03. The summed E-state index contributed by atoms with van der Waals surface area (Å²) >= 11 is 7.36. The molecule has 0 saturated heterocycles. The number of nitrogens with zero attached hydrogens (tertiary/aromatic N) is 1. The van der Waals surface area contributed by atoms with E-state index in [0.29, 0.717) is 39.3 Å². The minimum Gasteiger partial charge on any atom is -0.491 e. The maximum Gasteiger partial charge on any atom is 0.319 e. The van der Waals surface area contributed by atoms with Crippen LogP contribution in [-0.2, 0) is 14.3 Å². The summed E-state index contributed by atoms with van der Waals surface area (Å²) in [6.07, 6.45) is 0. The van der Waals surface area contributed by atoms with Gasteiger partial charge in [0.25, 0.3) is 0 Å². The highest BCUT2D eigenvalue weighted by atomic mass is 35.5. The number of esters is 1. The van der Waals surface area contributed by atoms with Gasteiger partial charge in [0.05, 0.1) is 35.4 Å². The predicted octanol–water partition coefficient (Wildman–Crippen LogP) is 3.89. The van der Waals surface area contributed by atoms with E-state index >= 15 is 0 Å². The third-order valence-electron chi connectivity index (χ3n) is 4.57. The first kappa shape index (κ1) is 21.8. The van der Waals surface area contributed by atoms with Crippen LogP contribution in [0.5, 0.6) is 5.75 Å². The Labute approximate surface area is 183 Å². The van der Waals surface area contributed by atoms with E-state index in [2.05, 4.69) is 11.4 Å². The molecule has 30 heavy (non-hydrogen) atoms. The average Bonchev–Trinajstić information content (AvgIpc) is 2.77. The summed E-state index contributed by atoms with van der Waals surface area (Å²) in [5.41, 5.74) is 1.02. The van der Waals surface area contributed by atoms with Gasteiger partial charge in [-0.1, -0.05) is 54.1 Å². The molecule has 1 heterocycles. The number of halogens is 1. The molecule has 0 radical (unpaired) electrons. The van der Waals surface area contributed by atoms with Gasteiger partial charge in [-0.25, -0.2) is 0 Å². The standard InChI is InChI=1S/C22H19ClN2O4S/c1-28-22(27)19-18(14-7-3-2-4-8-14)15(13-24)21(25-20(19)26)30-12-11-29-17-10-6-5-9-16(17)23/h2-10,18-19H,11-12H2,1H3,(H,25,26)/t18-,19-/m1/s1. The fraction of sp³-hybridized carbons (Fsp3) is 0.227. The molecule has 0 aliphatic carbocycles. The van der Waals surface area contributed by atoms with Crippen LogP contribution in [0.25, 0.3) is 0 Å². The second-order valence-corrected chi connectivity index (χ2v) is 7.87. The van der Waals surface area contributed by atoms with Gasteiger partial charge < -0.3 is 14.8 Å². The number of benzene rings is 2. The van der Waals surface area contributed by atoms with E-state index in [4.69, 9.17) is 21.1 Å². The highest BCUT2D eigenvalue weighted by Crippen LogP contribution is 2.40. The summed E-state index contributed by atoms with van der Waals surface area (Å²) < 4.78 is 10.5. The molecule has 1 N–H and O–H groups in total. The van der Waals surface area contributed by atoms with Crippen molar-refractivity contribution in [3.05, 3.63) is 75.8 Å². The molecule has 0 unspecified atom stereocenters. The molecule has 1 aliphatic rings. The molecule has 0 bridgehead atoms. The van der Waals surface area contributed by atoms with Crippen LogP contribution < -0.4 is 10.1 Å². The Morgan fingerprint density at radius 2 is 1.90 bits per heavy atom. The van der Waals surface area contributed by atoms with Gasteiger partial charge in [-0.2, -0.15) is 5.26 Å². The van der Waals surface area contributed by atoms with Crippen molar-refractivity contribution >= 4 is 35.2 Å². The molecule has 2 atom stereocenters. The fourth-order valence-electron chi connectivity index (χ4n) is 3.20. The number of nitrogens with one attached hydrogen (secondary N) is 1. The van der Waals surface area contributed by atoms with Crippen molar-refractivity contribution < 1.29 is 19.1 Å². The van der Waals surface area contributed by atoms with Crippen LogP contribution in [0.1, 0.15) is 11.5 Å². The molecule has 8 heteroatoms. The Balaban J connectivity index is 1.82. The lowest BCUT2D eigenvalue weighted by Crippen LogP contribution is -2.44. The van der Waals surface area contributed by atoms with Crippen LogP contribution in [0.3, 0.4) is 0 Å². The van der Waals surface area contributed by atoms with Crippen LogP contribution in [0.2, 0.25) is 5.02 Å². The van der Waals surface area contributed by atoms with Gasteiger partial charge in [0.15, 0.2) is 0 Å². The maximum absolute atomic E-state index is 12.7.